The van der Waals surface area contributed by atoms with E-state index < -0.39 is 0 Å². The van der Waals surface area contributed by atoms with Crippen molar-refractivity contribution in [2.24, 2.45) is 5.41 Å². The number of piperidine rings is 1. The summed E-state index contributed by atoms with van der Waals surface area (Å²) >= 11 is 0. The topological polar surface area (TPSA) is 30.9 Å². The molecule has 1 heterocycles. The lowest BCUT2D eigenvalue weighted by Crippen LogP contribution is -2.48. The van der Waals surface area contributed by atoms with Crippen molar-refractivity contribution < 1.29 is 14.2 Å². The first-order valence-electron chi connectivity index (χ1n) is 9.28. The predicted molar refractivity (Wildman–Crippen MR) is 95.9 cm³/mol. The lowest BCUT2D eigenvalue weighted by atomic mass is 9.76. The second-order valence-electron chi connectivity index (χ2n) is 7.24. The molecule has 0 aromatic heterocycles. The maximum atomic E-state index is 5.85. The number of benzene rings is 1. The summed E-state index contributed by atoms with van der Waals surface area (Å²) in [4.78, 5) is 2.62. The zero-order valence-electron chi connectivity index (χ0n) is 15.1. The van der Waals surface area contributed by atoms with Crippen LogP contribution in [0.1, 0.15) is 38.5 Å². The van der Waals surface area contributed by atoms with Gasteiger partial charge in [0, 0.05) is 25.6 Å². The molecule has 4 nitrogen and oxygen atoms in total. The molecule has 1 aromatic rings. The van der Waals surface area contributed by atoms with Crippen LogP contribution < -0.4 is 9.47 Å². The fourth-order valence-corrected chi connectivity index (χ4v) is 4.54. The molecular weight excluding hydrogens is 302 g/mol. The summed E-state index contributed by atoms with van der Waals surface area (Å²) in [5.41, 5.74) is 0.420. The van der Waals surface area contributed by atoms with Gasteiger partial charge in [-0.25, -0.2) is 0 Å². The maximum absolute atomic E-state index is 5.85. The Balaban J connectivity index is 1.41. The van der Waals surface area contributed by atoms with E-state index in [0.29, 0.717) is 11.5 Å². The number of ether oxygens (including phenoxy) is 3. The second kappa shape index (κ2) is 8.21. The zero-order chi connectivity index (χ0) is 16.8. The van der Waals surface area contributed by atoms with Gasteiger partial charge in [0.05, 0.1) is 19.8 Å². The normalized spacial score (nSPS) is 27.5. The van der Waals surface area contributed by atoms with E-state index in [4.69, 9.17) is 14.2 Å². The molecule has 24 heavy (non-hydrogen) atoms. The summed E-state index contributed by atoms with van der Waals surface area (Å²) in [6, 6.07) is 7.82. The third-order valence-corrected chi connectivity index (χ3v) is 5.74. The minimum absolute atomic E-state index is 0.420. The van der Waals surface area contributed by atoms with Crippen LogP contribution in [0.25, 0.3) is 0 Å². The number of hydrogen-bond donors (Lipinski definition) is 0. The van der Waals surface area contributed by atoms with E-state index in [9.17, 15) is 0 Å². The summed E-state index contributed by atoms with van der Waals surface area (Å²) in [6.45, 7) is 4.31. The van der Waals surface area contributed by atoms with Gasteiger partial charge in [0.2, 0.25) is 0 Å². The van der Waals surface area contributed by atoms with Crippen molar-refractivity contribution >= 4 is 0 Å². The van der Waals surface area contributed by atoms with Gasteiger partial charge < -0.3 is 19.1 Å². The Bertz CT molecular complexity index is 504. The largest absolute Gasteiger partial charge is 0.497 e. The lowest BCUT2D eigenvalue weighted by molar-refractivity contribution is -0.0353. The number of likely N-dealkylation sites (tertiary alicyclic amines) is 1. The molecule has 2 aliphatic rings. The number of methoxy groups -OCH3 is 2. The Hall–Kier alpha value is -1.26. The molecule has 1 aromatic carbocycles. The molecule has 2 atom stereocenters. The molecule has 0 amide bonds. The maximum Gasteiger partial charge on any atom is 0.119 e. The van der Waals surface area contributed by atoms with Crippen LogP contribution in [0.2, 0.25) is 0 Å². The molecular formula is C20H31NO3. The molecule has 0 N–H and O–H groups in total. The monoisotopic (exact) mass is 333 g/mol. The SMILES string of the molecule is COc1ccc(OCCCN2CCC[C@]3(CCC[C@H]3OC)C2)cc1. The number of rotatable bonds is 7. The first kappa shape index (κ1) is 17.6. The number of hydrogen-bond acceptors (Lipinski definition) is 4. The quantitative estimate of drug-likeness (QED) is 0.711. The van der Waals surface area contributed by atoms with Gasteiger partial charge >= 0.3 is 0 Å². The van der Waals surface area contributed by atoms with Crippen LogP contribution in [0.3, 0.4) is 0 Å². The third-order valence-electron chi connectivity index (χ3n) is 5.74. The van der Waals surface area contributed by atoms with Crippen molar-refractivity contribution in [1.29, 1.82) is 0 Å². The third kappa shape index (κ3) is 4.04. The molecule has 2 fully saturated rings. The summed E-state index contributed by atoms with van der Waals surface area (Å²) in [5.74, 6) is 1.78. The molecule has 1 aliphatic carbocycles. The highest BCUT2D eigenvalue weighted by Gasteiger charge is 2.45. The van der Waals surface area contributed by atoms with Crippen LogP contribution in [0.15, 0.2) is 24.3 Å². The first-order chi connectivity index (χ1) is 11.8. The van der Waals surface area contributed by atoms with Crippen LogP contribution in [0.5, 0.6) is 11.5 Å². The average Bonchev–Trinajstić information content (AvgIpc) is 3.01. The Morgan fingerprint density at radius 2 is 1.83 bits per heavy atom. The Morgan fingerprint density at radius 1 is 1.08 bits per heavy atom. The summed E-state index contributed by atoms with van der Waals surface area (Å²) in [5, 5.41) is 0. The lowest BCUT2D eigenvalue weighted by Gasteiger charge is -2.43. The van der Waals surface area contributed by atoms with Gasteiger partial charge in [-0.15, -0.1) is 0 Å². The molecule has 1 saturated carbocycles. The Morgan fingerprint density at radius 3 is 2.58 bits per heavy atom. The molecule has 0 bridgehead atoms. The van der Waals surface area contributed by atoms with Gasteiger partial charge in [0.25, 0.3) is 0 Å². The minimum atomic E-state index is 0.420. The molecule has 134 valence electrons. The molecule has 4 heteroatoms. The fraction of sp³-hybridized carbons (Fsp3) is 0.700. The highest BCUT2D eigenvalue weighted by molar-refractivity contribution is 5.31. The Labute approximate surface area is 146 Å². The summed E-state index contributed by atoms with van der Waals surface area (Å²) in [7, 11) is 3.57. The average molecular weight is 333 g/mol. The molecule has 0 radical (unpaired) electrons. The summed E-state index contributed by atoms with van der Waals surface area (Å²) in [6.07, 6.45) is 8.08. The van der Waals surface area contributed by atoms with Crippen LogP contribution in [0.4, 0.5) is 0 Å². The zero-order valence-corrected chi connectivity index (χ0v) is 15.1. The highest BCUT2D eigenvalue weighted by Crippen LogP contribution is 2.46. The Kier molecular flexibility index (Phi) is 6.01. The van der Waals surface area contributed by atoms with Crippen LogP contribution in [-0.4, -0.2) is 51.5 Å². The van der Waals surface area contributed by atoms with Gasteiger partial charge in [-0.3, -0.25) is 0 Å². The summed E-state index contributed by atoms with van der Waals surface area (Å²) < 4.78 is 16.8. The highest BCUT2D eigenvalue weighted by atomic mass is 16.5. The van der Waals surface area contributed by atoms with Crippen LogP contribution >= 0.6 is 0 Å². The van der Waals surface area contributed by atoms with Gasteiger partial charge in [0.15, 0.2) is 0 Å². The van der Waals surface area contributed by atoms with Crippen molar-refractivity contribution in [2.75, 3.05) is 40.5 Å². The van der Waals surface area contributed by atoms with E-state index in [0.717, 1.165) is 31.1 Å². The molecule has 0 unspecified atom stereocenters. The molecule has 3 rings (SSSR count). The smallest absolute Gasteiger partial charge is 0.119 e. The molecule has 1 aliphatic heterocycles. The fourth-order valence-electron chi connectivity index (χ4n) is 4.54. The van der Waals surface area contributed by atoms with Gasteiger partial charge in [-0.1, -0.05) is 6.42 Å². The van der Waals surface area contributed by atoms with E-state index in [2.05, 4.69) is 4.90 Å². The first-order valence-corrected chi connectivity index (χ1v) is 9.28. The van der Waals surface area contributed by atoms with Crippen molar-refractivity contribution in [3.8, 4) is 11.5 Å². The molecule has 1 saturated heterocycles. The van der Waals surface area contributed by atoms with Gasteiger partial charge in [-0.2, -0.15) is 0 Å². The van der Waals surface area contributed by atoms with E-state index >= 15 is 0 Å². The van der Waals surface area contributed by atoms with E-state index in [-0.39, 0.29) is 0 Å². The predicted octanol–water partition coefficient (Wildman–Crippen LogP) is 3.75. The van der Waals surface area contributed by atoms with Gasteiger partial charge in [-0.05, 0) is 62.9 Å². The van der Waals surface area contributed by atoms with Crippen molar-refractivity contribution in [3.63, 3.8) is 0 Å². The van der Waals surface area contributed by atoms with Crippen molar-refractivity contribution in [3.05, 3.63) is 24.3 Å². The van der Waals surface area contributed by atoms with Crippen molar-refractivity contribution in [1.82, 2.24) is 4.90 Å². The van der Waals surface area contributed by atoms with Gasteiger partial charge in [0.1, 0.15) is 11.5 Å². The van der Waals surface area contributed by atoms with Crippen LogP contribution in [-0.2, 0) is 4.74 Å². The number of nitrogens with zero attached hydrogens (tertiary/aromatic N) is 1. The van der Waals surface area contributed by atoms with E-state index in [1.165, 1.54) is 45.2 Å². The minimum Gasteiger partial charge on any atom is -0.497 e. The second-order valence-corrected chi connectivity index (χ2v) is 7.24. The van der Waals surface area contributed by atoms with E-state index in [1.54, 1.807) is 7.11 Å². The van der Waals surface area contributed by atoms with Crippen molar-refractivity contribution in [2.45, 2.75) is 44.6 Å². The van der Waals surface area contributed by atoms with E-state index in [1.807, 2.05) is 31.4 Å². The standard InChI is InChI=1S/C20H31NO3/c1-22-17-7-9-18(10-8-17)24-15-5-14-21-13-4-12-20(16-21)11-3-6-19(20)23-2/h7-10,19H,3-6,11-16H2,1-2H3/t19-,20-/m1/s1. The molecule has 1 spiro atoms. The van der Waals surface area contributed by atoms with Crippen LogP contribution in [0, 0.1) is 5.41 Å².